The summed E-state index contributed by atoms with van der Waals surface area (Å²) in [5.41, 5.74) is 1.99. The largest absolute Gasteiger partial charge is 0.393 e. The second kappa shape index (κ2) is 11.9. The minimum absolute atomic E-state index is 0.0304. The molecule has 2 bridgehead atoms. The first kappa shape index (κ1) is 29.6. The van der Waals surface area contributed by atoms with E-state index in [9.17, 15) is 19.1 Å². The molecule has 6 rings (SSSR count). The molecule has 5 aromatic rings. The molecule has 224 valence electrons. The summed E-state index contributed by atoms with van der Waals surface area (Å²) in [5, 5.41) is 22.2. The molecule has 1 aliphatic heterocycles. The van der Waals surface area contributed by atoms with Gasteiger partial charge in [0.25, 0.3) is 5.56 Å². The van der Waals surface area contributed by atoms with Crippen LogP contribution in [0.5, 0.6) is 0 Å². The predicted octanol–water partition coefficient (Wildman–Crippen LogP) is 6.06. The number of aromatic nitrogens is 5. The molecular formula is C31H24Cl2F2N6O3. The normalized spacial score (nSPS) is 18.6. The fourth-order valence-corrected chi connectivity index (χ4v) is 5.72. The zero-order valence-corrected chi connectivity index (χ0v) is 24.6. The molecule has 0 saturated heterocycles. The van der Waals surface area contributed by atoms with Crippen LogP contribution < -0.4 is 10.9 Å². The molecule has 9 nitrogen and oxygen atoms in total. The van der Waals surface area contributed by atoms with Crippen molar-refractivity contribution in [3.05, 3.63) is 111 Å². The lowest BCUT2D eigenvalue weighted by Crippen LogP contribution is -2.31. The lowest BCUT2D eigenvalue weighted by atomic mass is 9.91. The Morgan fingerprint density at radius 2 is 1.77 bits per heavy atom. The summed E-state index contributed by atoms with van der Waals surface area (Å²) >= 11 is 12.2. The Balaban J connectivity index is 1.49. The van der Waals surface area contributed by atoms with Crippen molar-refractivity contribution >= 4 is 34.8 Å². The number of rotatable bonds is 3. The smallest absolute Gasteiger partial charge is 0.254 e. The zero-order chi connectivity index (χ0) is 31.1. The van der Waals surface area contributed by atoms with Crippen LogP contribution in [0.1, 0.15) is 31.4 Å². The fraction of sp³-hybridized carbons (Fsp3) is 0.194. The second-order valence-electron chi connectivity index (χ2n) is 10.7. The molecule has 3 heterocycles. The van der Waals surface area contributed by atoms with Crippen LogP contribution in [0.25, 0.3) is 28.1 Å². The topological polar surface area (TPSA) is 115 Å². The van der Waals surface area contributed by atoms with Gasteiger partial charge in [-0.1, -0.05) is 35.3 Å². The van der Waals surface area contributed by atoms with Gasteiger partial charge in [0.05, 0.1) is 36.1 Å². The Morgan fingerprint density at radius 1 is 0.955 bits per heavy atom. The molecule has 0 radical (unpaired) electrons. The van der Waals surface area contributed by atoms with Crippen molar-refractivity contribution in [2.45, 2.75) is 31.9 Å². The van der Waals surface area contributed by atoms with E-state index >= 15 is 4.39 Å². The highest BCUT2D eigenvalue weighted by molar-refractivity contribution is 6.31. The van der Waals surface area contributed by atoms with Crippen molar-refractivity contribution in [2.75, 3.05) is 5.32 Å². The average Bonchev–Trinajstić information content (AvgIpc) is 3.42. The number of anilines is 1. The Labute approximate surface area is 259 Å². The maximum atomic E-state index is 15.1. The van der Waals surface area contributed by atoms with Gasteiger partial charge in [-0.3, -0.25) is 14.2 Å². The molecule has 1 aliphatic rings. The van der Waals surface area contributed by atoms with E-state index in [0.29, 0.717) is 27.5 Å². The van der Waals surface area contributed by atoms with E-state index in [-0.39, 0.29) is 40.7 Å². The maximum absolute atomic E-state index is 15.1. The van der Waals surface area contributed by atoms with Gasteiger partial charge >= 0.3 is 0 Å². The third-order valence-corrected chi connectivity index (χ3v) is 7.95. The van der Waals surface area contributed by atoms with E-state index in [2.05, 4.69) is 20.6 Å². The van der Waals surface area contributed by atoms with Crippen LogP contribution in [0.15, 0.2) is 78.0 Å². The van der Waals surface area contributed by atoms with Gasteiger partial charge in [-0.25, -0.2) is 18.4 Å². The number of benzene rings is 3. The molecule has 3 atom stereocenters. The van der Waals surface area contributed by atoms with E-state index in [0.717, 1.165) is 0 Å². The molecule has 13 heteroatoms. The van der Waals surface area contributed by atoms with Crippen molar-refractivity contribution in [3.63, 3.8) is 0 Å². The van der Waals surface area contributed by atoms with Crippen LogP contribution in [-0.2, 0) is 4.79 Å². The van der Waals surface area contributed by atoms with E-state index < -0.39 is 35.3 Å². The lowest BCUT2D eigenvalue weighted by Gasteiger charge is -2.26. The van der Waals surface area contributed by atoms with Crippen molar-refractivity contribution in [1.82, 2.24) is 24.5 Å². The molecule has 2 aromatic heterocycles. The summed E-state index contributed by atoms with van der Waals surface area (Å²) in [4.78, 5) is 31.2. The summed E-state index contributed by atoms with van der Waals surface area (Å²) in [6.45, 7) is 1.66. The monoisotopic (exact) mass is 636 g/mol. The summed E-state index contributed by atoms with van der Waals surface area (Å²) in [5.74, 6) is -2.22. The molecule has 0 saturated carbocycles. The van der Waals surface area contributed by atoms with Crippen molar-refractivity contribution in [2.24, 2.45) is 5.92 Å². The van der Waals surface area contributed by atoms with Crippen LogP contribution in [0.2, 0.25) is 10.2 Å². The van der Waals surface area contributed by atoms with E-state index in [4.69, 9.17) is 23.2 Å². The lowest BCUT2D eigenvalue weighted by molar-refractivity contribution is -0.120. The quantitative estimate of drug-likeness (QED) is 0.249. The van der Waals surface area contributed by atoms with Gasteiger partial charge in [0.1, 0.15) is 11.6 Å². The number of fused-ring (bicyclic) bond motifs is 4. The first-order valence-corrected chi connectivity index (χ1v) is 14.4. The highest BCUT2D eigenvalue weighted by Crippen LogP contribution is 2.35. The molecule has 1 amide bonds. The highest BCUT2D eigenvalue weighted by Gasteiger charge is 2.27. The third kappa shape index (κ3) is 5.99. The summed E-state index contributed by atoms with van der Waals surface area (Å²) < 4.78 is 32.2. The van der Waals surface area contributed by atoms with Crippen LogP contribution >= 0.6 is 23.2 Å². The zero-order valence-electron chi connectivity index (χ0n) is 23.1. The van der Waals surface area contributed by atoms with Crippen molar-refractivity contribution in [3.8, 4) is 28.1 Å². The maximum Gasteiger partial charge on any atom is 0.254 e. The number of carbonyl (C=O) groups is 1. The second-order valence-corrected chi connectivity index (χ2v) is 11.5. The number of halogens is 4. The summed E-state index contributed by atoms with van der Waals surface area (Å²) in [6, 6.07) is 13.3. The van der Waals surface area contributed by atoms with Gasteiger partial charge in [0.2, 0.25) is 5.91 Å². The number of amides is 1. The molecule has 0 unspecified atom stereocenters. The number of hydrogen-bond donors (Lipinski definition) is 2. The number of nitrogens with one attached hydrogen (secondary N) is 1. The average molecular weight is 637 g/mol. The standard InChI is InChI=1S/C31H24Cl2F2N6O3/c1-16-6-22(42)12-28(18-7-17(8-21(35)9-18)23-11-20(34)3-4-25(23)37-31(16)44)40-15-36-26(13-30(40)43)24-10-19(32)2-5-27(24)41-14-29(33)38-39-41/h2-5,7-11,13-16,22,28,42H,6,12H2,1H3,(H,37,44)/t16-,22-,28+/m1/s1. The minimum Gasteiger partial charge on any atom is -0.393 e. The molecular weight excluding hydrogens is 613 g/mol. The van der Waals surface area contributed by atoms with Gasteiger partial charge in [0.15, 0.2) is 5.15 Å². The Morgan fingerprint density at radius 3 is 2.52 bits per heavy atom. The van der Waals surface area contributed by atoms with Crippen LogP contribution in [0.4, 0.5) is 14.5 Å². The molecule has 0 aliphatic carbocycles. The van der Waals surface area contributed by atoms with Crippen molar-refractivity contribution in [1.29, 1.82) is 0 Å². The van der Waals surface area contributed by atoms with Gasteiger partial charge in [-0.15, -0.1) is 5.10 Å². The first-order chi connectivity index (χ1) is 21.0. The number of hydrogen-bond acceptors (Lipinski definition) is 6. The Kier molecular flexibility index (Phi) is 8.02. The van der Waals surface area contributed by atoms with Crippen molar-refractivity contribution < 1.29 is 18.7 Å². The summed E-state index contributed by atoms with van der Waals surface area (Å²) in [7, 11) is 0. The van der Waals surface area contributed by atoms with E-state index in [1.807, 2.05) is 0 Å². The molecule has 2 N–H and O–H groups in total. The fourth-order valence-electron chi connectivity index (χ4n) is 5.43. The number of aliphatic hydroxyl groups excluding tert-OH is 1. The number of carbonyl (C=O) groups excluding carboxylic acids is 1. The minimum atomic E-state index is -1.04. The Hall–Kier alpha value is -4.45. The predicted molar refractivity (Wildman–Crippen MR) is 162 cm³/mol. The Bertz CT molecular complexity index is 1960. The van der Waals surface area contributed by atoms with Crippen LogP contribution in [0.3, 0.4) is 0 Å². The molecule has 0 fully saturated rings. The molecule has 44 heavy (non-hydrogen) atoms. The SMILES string of the molecule is C[C@@H]1C[C@@H](O)C[C@H](n2cnc(-c3cc(Cl)ccc3-n3cc(Cl)nn3)cc2=O)c2cc(F)cc(c2)-c2cc(F)ccc2NC1=O. The molecule has 0 spiro atoms. The van der Waals surface area contributed by atoms with Gasteiger partial charge in [-0.05, 0) is 78.6 Å². The highest BCUT2D eigenvalue weighted by atomic mass is 35.5. The number of aliphatic hydroxyl groups is 1. The van der Waals surface area contributed by atoms with Gasteiger partial charge in [-0.2, -0.15) is 0 Å². The third-order valence-electron chi connectivity index (χ3n) is 7.54. The molecule has 3 aromatic carbocycles. The van der Waals surface area contributed by atoms with Crippen LogP contribution in [0, 0.1) is 17.6 Å². The number of nitrogens with zero attached hydrogens (tertiary/aromatic N) is 5. The van der Waals surface area contributed by atoms with E-state index in [1.165, 1.54) is 58.2 Å². The van der Waals surface area contributed by atoms with Crippen LogP contribution in [-0.4, -0.2) is 41.7 Å². The van der Waals surface area contributed by atoms with E-state index in [1.54, 1.807) is 31.2 Å². The summed E-state index contributed by atoms with van der Waals surface area (Å²) in [6.07, 6.45) is 1.80. The van der Waals surface area contributed by atoms with Gasteiger partial charge < -0.3 is 10.4 Å². The van der Waals surface area contributed by atoms with Gasteiger partial charge in [0, 0.05) is 33.8 Å². The first-order valence-electron chi connectivity index (χ1n) is 13.6.